The summed E-state index contributed by atoms with van der Waals surface area (Å²) in [5, 5.41) is 34.5. The van der Waals surface area contributed by atoms with Gasteiger partial charge in [0.25, 0.3) is 0 Å². The Labute approximate surface area is 356 Å². The van der Waals surface area contributed by atoms with Crippen LogP contribution >= 0.6 is 0 Å². The van der Waals surface area contributed by atoms with Crippen LogP contribution in [0.25, 0.3) is 10.9 Å². The maximum absolute atomic E-state index is 14.7. The normalized spacial score (nSPS) is 14.2. The molecule has 16 nitrogen and oxygen atoms in total. The van der Waals surface area contributed by atoms with Gasteiger partial charge >= 0.3 is 5.97 Å². The van der Waals surface area contributed by atoms with E-state index >= 15 is 0 Å². The van der Waals surface area contributed by atoms with Crippen molar-refractivity contribution in [3.63, 3.8) is 0 Å². The van der Waals surface area contributed by atoms with Gasteiger partial charge in [0.05, 0.1) is 6.04 Å². The minimum Gasteiger partial charge on any atom is -0.508 e. The van der Waals surface area contributed by atoms with Crippen LogP contribution in [0, 0.1) is 5.92 Å². The number of likely N-dealkylation sites (N-methyl/N-ethyl adjacent to an activating group) is 2. The molecule has 0 aliphatic rings. The maximum atomic E-state index is 14.7. The zero-order valence-corrected chi connectivity index (χ0v) is 35.4. The van der Waals surface area contributed by atoms with Crippen LogP contribution in [-0.4, -0.2) is 112 Å². The van der Waals surface area contributed by atoms with Gasteiger partial charge in [-0.15, -0.1) is 0 Å². The van der Waals surface area contributed by atoms with Crippen LogP contribution in [0.1, 0.15) is 56.7 Å². The third-order valence-electron chi connectivity index (χ3n) is 10.7. The third kappa shape index (κ3) is 13.6. The van der Waals surface area contributed by atoms with Crippen molar-refractivity contribution in [2.45, 2.75) is 95.5 Å². The van der Waals surface area contributed by atoms with Crippen molar-refractivity contribution in [3.05, 3.63) is 102 Å². The number of aromatic hydroxyl groups is 1. The predicted octanol–water partition coefficient (Wildman–Crippen LogP) is 2.15. The Kier molecular flexibility index (Phi) is 17.8. The number of nitrogens with two attached hydrogens (primary N) is 1. The summed E-state index contributed by atoms with van der Waals surface area (Å²) in [6, 6.07) is 16.0. The summed E-state index contributed by atoms with van der Waals surface area (Å²) in [7, 11) is 3.08. The first-order valence-electron chi connectivity index (χ1n) is 20.6. The first kappa shape index (κ1) is 47.4. The van der Waals surface area contributed by atoms with E-state index in [0.29, 0.717) is 30.5 Å². The van der Waals surface area contributed by atoms with Gasteiger partial charge in [-0.25, -0.2) is 4.79 Å². The van der Waals surface area contributed by atoms with Gasteiger partial charge in [-0.05, 0) is 80.6 Å². The highest BCUT2D eigenvalue weighted by Crippen LogP contribution is 2.22. The lowest BCUT2D eigenvalue weighted by molar-refractivity contribution is -0.143. The van der Waals surface area contributed by atoms with E-state index in [1.54, 1.807) is 76.5 Å². The molecule has 0 saturated heterocycles. The molecule has 0 radical (unpaired) electrons. The number of para-hydroxylation sites is 1. The Morgan fingerprint density at radius 2 is 1.31 bits per heavy atom. The maximum Gasteiger partial charge on any atom is 0.326 e. The quantitative estimate of drug-likeness (QED) is 0.0493. The number of phenolic OH excluding ortho intramolecular Hbond substituents is 1. The van der Waals surface area contributed by atoms with Crippen molar-refractivity contribution in [2.24, 2.45) is 11.7 Å². The minimum absolute atomic E-state index is 0.0243. The second kappa shape index (κ2) is 22.9. The topological polar surface area (TPSA) is 248 Å². The number of carboxylic acid groups (broad SMARTS) is 1. The van der Waals surface area contributed by atoms with Crippen LogP contribution in [0.5, 0.6) is 5.75 Å². The molecule has 3 aromatic carbocycles. The summed E-state index contributed by atoms with van der Waals surface area (Å²) in [6.45, 7) is 5.40. The van der Waals surface area contributed by atoms with Gasteiger partial charge in [-0.3, -0.25) is 24.0 Å². The average Bonchev–Trinajstić information content (AvgIpc) is 3.66. The fourth-order valence-corrected chi connectivity index (χ4v) is 6.94. The number of phenols is 1. The van der Waals surface area contributed by atoms with E-state index in [1.165, 1.54) is 24.1 Å². The largest absolute Gasteiger partial charge is 0.508 e. The van der Waals surface area contributed by atoms with Gasteiger partial charge in [0.15, 0.2) is 0 Å². The smallest absolute Gasteiger partial charge is 0.326 e. The number of nitrogens with one attached hydrogen (secondary N) is 6. The number of unbranched alkanes of at least 4 members (excludes halogenated alkanes) is 1. The highest BCUT2D eigenvalue weighted by molar-refractivity contribution is 5.97. The van der Waals surface area contributed by atoms with E-state index in [-0.39, 0.29) is 31.4 Å². The molecule has 0 unspecified atom stereocenters. The van der Waals surface area contributed by atoms with E-state index in [4.69, 9.17) is 5.73 Å². The summed E-state index contributed by atoms with van der Waals surface area (Å²) < 4.78 is 0. The predicted molar refractivity (Wildman–Crippen MR) is 232 cm³/mol. The van der Waals surface area contributed by atoms with E-state index in [1.807, 2.05) is 24.3 Å². The molecule has 4 rings (SSSR count). The third-order valence-corrected chi connectivity index (χ3v) is 10.7. The number of amides is 5. The van der Waals surface area contributed by atoms with Gasteiger partial charge in [0.2, 0.25) is 29.5 Å². The number of benzene rings is 3. The van der Waals surface area contributed by atoms with Crippen molar-refractivity contribution in [1.29, 1.82) is 0 Å². The summed E-state index contributed by atoms with van der Waals surface area (Å²) in [4.78, 5) is 86.9. The lowest BCUT2D eigenvalue weighted by Gasteiger charge is -2.33. The van der Waals surface area contributed by atoms with Crippen LogP contribution in [0.4, 0.5) is 0 Å². The summed E-state index contributed by atoms with van der Waals surface area (Å²) in [6.07, 6.45) is 2.97. The Bertz CT molecular complexity index is 2090. The van der Waals surface area contributed by atoms with Gasteiger partial charge in [-0.2, -0.15) is 0 Å². The van der Waals surface area contributed by atoms with Crippen molar-refractivity contribution >= 4 is 46.4 Å². The first-order valence-corrected chi connectivity index (χ1v) is 20.6. The zero-order valence-electron chi connectivity index (χ0n) is 35.4. The molecule has 1 heterocycles. The Hall–Kier alpha value is -6.26. The lowest BCUT2D eigenvalue weighted by Crippen LogP contribution is -2.60. The summed E-state index contributed by atoms with van der Waals surface area (Å²) in [5.41, 5.74) is 8.68. The Morgan fingerprint density at radius 1 is 0.705 bits per heavy atom. The number of carbonyl (C=O) groups excluding carboxylic acids is 5. The number of fused-ring (bicyclic) bond motifs is 1. The number of aromatic amines is 1. The van der Waals surface area contributed by atoms with Crippen LogP contribution < -0.4 is 32.3 Å². The Balaban J connectivity index is 1.64. The number of hydrogen-bond acceptors (Lipinski definition) is 9. The molecule has 1 aromatic heterocycles. The van der Waals surface area contributed by atoms with E-state index in [2.05, 4.69) is 31.6 Å². The van der Waals surface area contributed by atoms with Gasteiger partial charge in [0, 0.05) is 43.4 Å². The molecule has 16 heteroatoms. The number of aromatic nitrogens is 1. The van der Waals surface area contributed by atoms with Crippen molar-refractivity contribution in [3.8, 4) is 5.75 Å². The SMILES string of the molecule is CN[C@@H](C)C(=O)N[C@@H](Cc1ccc(O)cc1)C(=O)N(C)[C@H](Cc1c[nH]c2ccccc12)C(=O)N[C@@H](CCCCN)C(=O)N[C@H](C(=O)N[C@@H](Cc1ccccc1)C(=O)O)C(C)C. The first-order chi connectivity index (χ1) is 29.1. The molecular weight excluding hydrogens is 781 g/mol. The molecule has 0 bridgehead atoms. The number of carbonyl (C=O) groups is 6. The van der Waals surface area contributed by atoms with Crippen LogP contribution in [0.3, 0.4) is 0 Å². The van der Waals surface area contributed by atoms with Crippen molar-refractivity contribution in [1.82, 2.24) is 36.5 Å². The highest BCUT2D eigenvalue weighted by atomic mass is 16.4. The molecule has 0 fully saturated rings. The molecular formula is C45H60N8O8. The molecule has 0 aliphatic carbocycles. The molecule has 10 N–H and O–H groups in total. The molecule has 6 atom stereocenters. The van der Waals surface area contributed by atoms with Crippen LogP contribution in [-0.2, 0) is 48.0 Å². The van der Waals surface area contributed by atoms with E-state index in [0.717, 1.165) is 16.5 Å². The van der Waals surface area contributed by atoms with Crippen LogP contribution in [0.15, 0.2) is 85.1 Å². The van der Waals surface area contributed by atoms with Crippen molar-refractivity contribution in [2.75, 3.05) is 20.6 Å². The molecule has 0 aliphatic heterocycles. The molecule has 61 heavy (non-hydrogen) atoms. The fourth-order valence-electron chi connectivity index (χ4n) is 6.94. The highest BCUT2D eigenvalue weighted by Gasteiger charge is 2.36. The second-order valence-electron chi connectivity index (χ2n) is 15.6. The zero-order chi connectivity index (χ0) is 44.6. The van der Waals surface area contributed by atoms with Crippen molar-refractivity contribution < 1.29 is 39.0 Å². The molecule has 5 amide bonds. The van der Waals surface area contributed by atoms with Gasteiger partial charge in [-0.1, -0.05) is 74.5 Å². The average molecular weight is 841 g/mol. The number of hydrogen-bond donors (Lipinski definition) is 9. The van der Waals surface area contributed by atoms with E-state index in [9.17, 15) is 39.0 Å². The van der Waals surface area contributed by atoms with Gasteiger partial charge < -0.3 is 52.4 Å². The Morgan fingerprint density at radius 3 is 1.95 bits per heavy atom. The van der Waals surface area contributed by atoms with Crippen LogP contribution in [0.2, 0.25) is 0 Å². The number of rotatable bonds is 23. The van der Waals surface area contributed by atoms with E-state index < -0.39 is 77.7 Å². The molecule has 328 valence electrons. The standard InChI is InChI=1S/C45H60N8O8/c1-27(2)39(43(58)51-37(45(60)61)24-29-13-7-6-8-14-29)52-41(56)35(17-11-12-22-46)49-42(57)38(25-31-26-48-34-16-10-9-15-33(31)34)53(5)44(59)36(50-40(55)28(3)47-4)23-30-18-20-32(54)21-19-30/h6-10,13-16,18-21,26-28,35-39,47-48,54H,11-12,17,22-25,46H2,1-5H3,(H,49,57)(H,50,55)(H,51,58)(H,52,56)(H,60,61)/t28-,35-,36-,37-,38+,39-/m0/s1. The lowest BCUT2D eigenvalue weighted by atomic mass is 9.99. The van der Waals surface area contributed by atoms with Gasteiger partial charge in [0.1, 0.15) is 36.0 Å². The molecule has 0 spiro atoms. The summed E-state index contributed by atoms with van der Waals surface area (Å²) >= 11 is 0. The number of carboxylic acids is 1. The number of aliphatic carboxylic acids is 1. The number of nitrogens with zero attached hydrogens (tertiary/aromatic N) is 1. The number of H-pyrrole nitrogens is 1. The minimum atomic E-state index is -1.27. The summed E-state index contributed by atoms with van der Waals surface area (Å²) in [5.74, 6) is -4.73. The second-order valence-corrected chi connectivity index (χ2v) is 15.6. The molecule has 4 aromatic rings. The monoisotopic (exact) mass is 840 g/mol. The molecule has 0 saturated carbocycles. The fraction of sp³-hybridized carbons (Fsp3) is 0.422.